The third-order valence-corrected chi connectivity index (χ3v) is 2.91. The van der Waals surface area contributed by atoms with E-state index in [1.54, 1.807) is 19.1 Å². The fourth-order valence-corrected chi connectivity index (χ4v) is 1.85. The second-order valence-electron chi connectivity index (χ2n) is 4.70. The van der Waals surface area contributed by atoms with E-state index in [9.17, 15) is 13.2 Å². The minimum absolute atomic E-state index is 0.00502. The van der Waals surface area contributed by atoms with Crippen LogP contribution in [-0.4, -0.2) is 23.7 Å². The summed E-state index contributed by atoms with van der Waals surface area (Å²) in [6, 6.07) is 3.13. The molecule has 18 heavy (non-hydrogen) atoms. The molecule has 6 heteroatoms. The van der Waals surface area contributed by atoms with E-state index in [1.165, 1.54) is 11.1 Å². The van der Waals surface area contributed by atoms with Crippen LogP contribution in [0.3, 0.4) is 0 Å². The summed E-state index contributed by atoms with van der Waals surface area (Å²) in [7, 11) is 0. The zero-order chi connectivity index (χ0) is 13.3. The maximum atomic E-state index is 12.5. The summed E-state index contributed by atoms with van der Waals surface area (Å²) < 4.78 is 37.5. The van der Waals surface area contributed by atoms with E-state index < -0.39 is 12.7 Å². The van der Waals surface area contributed by atoms with E-state index in [1.807, 2.05) is 0 Å². The number of rotatable bonds is 4. The second-order valence-corrected chi connectivity index (χ2v) is 4.70. The lowest BCUT2D eigenvalue weighted by atomic mass is 10.2. The molecule has 0 unspecified atom stereocenters. The van der Waals surface area contributed by atoms with Gasteiger partial charge in [0.2, 0.25) is 0 Å². The van der Waals surface area contributed by atoms with Crippen molar-refractivity contribution in [2.75, 3.05) is 11.4 Å². The largest absolute Gasteiger partial charge is 0.405 e. The summed E-state index contributed by atoms with van der Waals surface area (Å²) in [6.07, 6.45) is -1.10. The number of nitrogens with zero attached hydrogens (tertiary/aromatic N) is 2. The fourth-order valence-electron chi connectivity index (χ4n) is 1.85. The summed E-state index contributed by atoms with van der Waals surface area (Å²) in [5.74, 6) is 0. The van der Waals surface area contributed by atoms with Gasteiger partial charge in [-0.3, -0.25) is 4.98 Å². The molecule has 1 aromatic rings. The molecule has 0 spiro atoms. The normalized spacial score (nSPS) is 17.6. The maximum absolute atomic E-state index is 12.5. The monoisotopic (exact) mass is 259 g/mol. The molecular formula is C12H16F3N3. The van der Waals surface area contributed by atoms with Crippen LogP contribution in [0.2, 0.25) is 0 Å². The number of hydrogen-bond acceptors (Lipinski definition) is 3. The predicted molar refractivity (Wildman–Crippen MR) is 63.3 cm³/mol. The summed E-state index contributed by atoms with van der Waals surface area (Å²) in [5.41, 5.74) is 6.85. The van der Waals surface area contributed by atoms with Crippen molar-refractivity contribution in [3.8, 4) is 0 Å². The summed E-state index contributed by atoms with van der Waals surface area (Å²) >= 11 is 0. The third-order valence-electron chi connectivity index (χ3n) is 2.91. The van der Waals surface area contributed by atoms with Crippen molar-refractivity contribution in [1.29, 1.82) is 0 Å². The van der Waals surface area contributed by atoms with Crippen molar-refractivity contribution >= 4 is 5.69 Å². The first-order valence-electron chi connectivity index (χ1n) is 5.92. The maximum Gasteiger partial charge on any atom is 0.405 e. The first kappa shape index (κ1) is 13.1. The van der Waals surface area contributed by atoms with E-state index >= 15 is 0 Å². The Morgan fingerprint density at radius 1 is 1.44 bits per heavy atom. The molecule has 1 atom stereocenters. The van der Waals surface area contributed by atoms with Crippen molar-refractivity contribution in [1.82, 2.24) is 4.98 Å². The zero-order valence-corrected chi connectivity index (χ0v) is 10.1. The number of anilines is 1. The van der Waals surface area contributed by atoms with E-state index in [-0.39, 0.29) is 12.1 Å². The van der Waals surface area contributed by atoms with Crippen LogP contribution in [0.1, 0.15) is 31.5 Å². The molecule has 1 aliphatic rings. The second kappa shape index (κ2) is 4.76. The predicted octanol–water partition coefficient (Wildman–Crippen LogP) is 2.63. The molecule has 0 saturated heterocycles. The van der Waals surface area contributed by atoms with E-state index in [0.29, 0.717) is 11.4 Å². The van der Waals surface area contributed by atoms with Crippen molar-refractivity contribution in [2.45, 2.75) is 38.0 Å². The van der Waals surface area contributed by atoms with Crippen LogP contribution < -0.4 is 10.6 Å². The molecule has 0 aromatic carbocycles. The van der Waals surface area contributed by atoms with Gasteiger partial charge in [-0.05, 0) is 31.9 Å². The highest BCUT2D eigenvalue weighted by molar-refractivity contribution is 5.47. The first-order valence-corrected chi connectivity index (χ1v) is 5.92. The van der Waals surface area contributed by atoms with Crippen LogP contribution in [0.4, 0.5) is 18.9 Å². The lowest BCUT2D eigenvalue weighted by molar-refractivity contribution is -0.120. The highest BCUT2D eigenvalue weighted by Crippen LogP contribution is 2.34. The van der Waals surface area contributed by atoms with Crippen LogP contribution in [0.5, 0.6) is 0 Å². The van der Waals surface area contributed by atoms with Crippen LogP contribution in [0.25, 0.3) is 0 Å². The molecular weight excluding hydrogens is 243 g/mol. The Bertz CT molecular complexity index is 396. The number of nitrogens with two attached hydrogens (primary N) is 1. The molecule has 0 amide bonds. The Morgan fingerprint density at radius 2 is 2.11 bits per heavy atom. The van der Waals surface area contributed by atoms with Gasteiger partial charge in [0.25, 0.3) is 0 Å². The van der Waals surface area contributed by atoms with Gasteiger partial charge in [-0.1, -0.05) is 0 Å². The summed E-state index contributed by atoms with van der Waals surface area (Å²) in [4.78, 5) is 5.48. The summed E-state index contributed by atoms with van der Waals surface area (Å²) in [5, 5.41) is 0. The van der Waals surface area contributed by atoms with E-state index in [0.717, 1.165) is 12.8 Å². The van der Waals surface area contributed by atoms with Gasteiger partial charge in [-0.25, -0.2) is 0 Å². The Labute approximate surface area is 104 Å². The molecule has 1 aliphatic carbocycles. The quantitative estimate of drug-likeness (QED) is 0.903. The molecule has 1 aromatic heterocycles. The lowest BCUT2D eigenvalue weighted by Gasteiger charge is -2.25. The minimum Gasteiger partial charge on any atom is -0.358 e. The number of pyridine rings is 1. The molecule has 1 fully saturated rings. The van der Waals surface area contributed by atoms with Crippen molar-refractivity contribution in [3.63, 3.8) is 0 Å². The fraction of sp³-hybridized carbons (Fsp3) is 0.583. The van der Waals surface area contributed by atoms with Crippen LogP contribution in [-0.2, 0) is 0 Å². The zero-order valence-electron chi connectivity index (χ0n) is 10.1. The van der Waals surface area contributed by atoms with Crippen molar-refractivity contribution in [2.24, 2.45) is 5.73 Å². The number of aromatic nitrogens is 1. The molecule has 0 radical (unpaired) electrons. The average Bonchev–Trinajstić information content (AvgIpc) is 3.08. The molecule has 100 valence electrons. The van der Waals surface area contributed by atoms with E-state index in [4.69, 9.17) is 5.73 Å². The van der Waals surface area contributed by atoms with Gasteiger partial charge in [-0.15, -0.1) is 0 Å². The van der Waals surface area contributed by atoms with Crippen LogP contribution in [0, 0.1) is 0 Å². The lowest BCUT2D eigenvalue weighted by Crippen LogP contribution is -2.36. The van der Waals surface area contributed by atoms with Crippen LogP contribution in [0.15, 0.2) is 18.3 Å². The highest BCUT2D eigenvalue weighted by Gasteiger charge is 2.38. The van der Waals surface area contributed by atoms with Gasteiger partial charge in [0, 0.05) is 12.1 Å². The highest BCUT2D eigenvalue weighted by atomic mass is 19.4. The van der Waals surface area contributed by atoms with Crippen LogP contribution >= 0.6 is 0 Å². The van der Waals surface area contributed by atoms with Gasteiger partial charge in [0.05, 0.1) is 17.6 Å². The standard InChI is InChI=1S/C12H16F3N3/c1-8(16)11-5-4-10(6-17-11)18(9-2-3-9)7-12(13,14)15/h4-6,8-9H,2-3,7,16H2,1H3/t8-/m0/s1. The van der Waals surface area contributed by atoms with Gasteiger partial charge >= 0.3 is 6.18 Å². The molecule has 3 nitrogen and oxygen atoms in total. The van der Waals surface area contributed by atoms with Gasteiger partial charge in [0.1, 0.15) is 6.54 Å². The average molecular weight is 259 g/mol. The summed E-state index contributed by atoms with van der Waals surface area (Å²) in [6.45, 7) is 0.868. The van der Waals surface area contributed by atoms with Crippen molar-refractivity contribution in [3.05, 3.63) is 24.0 Å². The Morgan fingerprint density at radius 3 is 2.50 bits per heavy atom. The number of hydrogen-bond donors (Lipinski definition) is 1. The first-order chi connectivity index (χ1) is 8.37. The molecule has 0 aliphatic heterocycles. The minimum atomic E-state index is -4.19. The topological polar surface area (TPSA) is 42.1 Å². The third kappa shape index (κ3) is 3.35. The Balaban J connectivity index is 2.15. The van der Waals surface area contributed by atoms with Gasteiger partial charge in [-0.2, -0.15) is 13.2 Å². The number of alkyl halides is 3. The van der Waals surface area contributed by atoms with E-state index in [2.05, 4.69) is 4.98 Å². The SMILES string of the molecule is C[C@H](N)c1ccc(N(CC(F)(F)F)C2CC2)cn1. The molecule has 1 heterocycles. The molecule has 2 N–H and O–H groups in total. The van der Waals surface area contributed by atoms with Gasteiger partial charge in [0.15, 0.2) is 0 Å². The van der Waals surface area contributed by atoms with Gasteiger partial charge < -0.3 is 10.6 Å². The Kier molecular flexibility index (Phi) is 3.47. The molecule has 0 bridgehead atoms. The number of halogens is 3. The molecule has 1 saturated carbocycles. The van der Waals surface area contributed by atoms with Crippen molar-refractivity contribution < 1.29 is 13.2 Å². The Hall–Kier alpha value is -1.30. The molecule has 2 rings (SSSR count). The smallest absolute Gasteiger partial charge is 0.358 e.